The predicted molar refractivity (Wildman–Crippen MR) is 153 cm³/mol. The molecule has 2 fully saturated rings. The van der Waals surface area contributed by atoms with E-state index in [9.17, 15) is 4.79 Å². The molecule has 3 aliphatic rings. The van der Waals surface area contributed by atoms with Gasteiger partial charge in [0.15, 0.2) is 0 Å². The van der Waals surface area contributed by atoms with Crippen LogP contribution >= 0.6 is 0 Å². The molecule has 2 aromatic carbocycles. The van der Waals surface area contributed by atoms with Gasteiger partial charge in [0.05, 0.1) is 11.9 Å². The summed E-state index contributed by atoms with van der Waals surface area (Å²) in [6.07, 6.45) is 4.55. The van der Waals surface area contributed by atoms with Crippen molar-refractivity contribution in [1.82, 2.24) is 14.8 Å². The van der Waals surface area contributed by atoms with E-state index in [1.54, 1.807) is 30.5 Å². The second-order valence-electron chi connectivity index (χ2n) is 11.1. The summed E-state index contributed by atoms with van der Waals surface area (Å²) in [6, 6.07) is 12.0. The van der Waals surface area contributed by atoms with E-state index in [1.165, 1.54) is 12.5 Å². The number of alkyl halides is 2. The van der Waals surface area contributed by atoms with E-state index in [0.717, 1.165) is 61.6 Å². The standard InChI is InChI=1S/C32H33F2N5O/c1-22-4-6-25(17-24(22)7-5-23-16-27(21-35-20-23)38-10-3-11-38)31(40)36-26-8-9-28-29(18-26)32(33,34)19-30(28)39-14-12-37(2)13-15-39/h4,6,8-9,16-18,20-21,30H,3,10-15,19H2,1-2H3,(H,36,40). The normalized spacial score (nSPS) is 20.3. The number of fused-ring (bicyclic) bond motifs is 1. The second-order valence-corrected chi connectivity index (χ2v) is 11.1. The molecule has 2 saturated heterocycles. The average molecular weight is 542 g/mol. The summed E-state index contributed by atoms with van der Waals surface area (Å²) >= 11 is 0. The number of amides is 1. The number of halogens is 2. The molecule has 2 aliphatic heterocycles. The maximum atomic E-state index is 15.1. The zero-order chi connectivity index (χ0) is 27.9. The third-order valence-corrected chi connectivity index (χ3v) is 8.28. The number of benzene rings is 2. The Balaban J connectivity index is 1.19. The van der Waals surface area contributed by atoms with Gasteiger partial charge in [0.2, 0.25) is 0 Å². The summed E-state index contributed by atoms with van der Waals surface area (Å²) < 4.78 is 30.2. The maximum absolute atomic E-state index is 15.1. The summed E-state index contributed by atoms with van der Waals surface area (Å²) in [7, 11) is 2.05. The number of aryl methyl sites for hydroxylation is 1. The van der Waals surface area contributed by atoms with Crippen LogP contribution in [0.15, 0.2) is 54.9 Å². The van der Waals surface area contributed by atoms with Crippen molar-refractivity contribution in [2.24, 2.45) is 0 Å². The van der Waals surface area contributed by atoms with Crippen LogP contribution in [0.5, 0.6) is 0 Å². The number of piperazine rings is 1. The molecular formula is C32H33F2N5O. The molecule has 0 saturated carbocycles. The molecule has 206 valence electrons. The Morgan fingerprint density at radius 1 is 1.00 bits per heavy atom. The molecule has 40 heavy (non-hydrogen) atoms. The van der Waals surface area contributed by atoms with Crippen LogP contribution in [0.25, 0.3) is 0 Å². The van der Waals surface area contributed by atoms with E-state index >= 15 is 8.78 Å². The zero-order valence-corrected chi connectivity index (χ0v) is 22.9. The van der Waals surface area contributed by atoms with E-state index < -0.39 is 5.92 Å². The van der Waals surface area contributed by atoms with Gasteiger partial charge in [-0.2, -0.15) is 0 Å². The first-order chi connectivity index (χ1) is 19.3. The number of hydrogen-bond donors (Lipinski definition) is 1. The van der Waals surface area contributed by atoms with E-state index in [-0.39, 0.29) is 23.9 Å². The molecule has 8 heteroatoms. The Bertz CT molecular complexity index is 1500. The fraction of sp³-hybridized carbons (Fsp3) is 0.375. The molecule has 0 radical (unpaired) electrons. The molecule has 1 amide bonds. The monoisotopic (exact) mass is 541 g/mol. The lowest BCUT2D eigenvalue weighted by molar-refractivity contribution is -0.0257. The van der Waals surface area contributed by atoms with Crippen LogP contribution in [0.4, 0.5) is 20.2 Å². The molecule has 1 N–H and O–H groups in total. The first-order valence-corrected chi connectivity index (χ1v) is 13.9. The first-order valence-electron chi connectivity index (χ1n) is 13.9. The molecular weight excluding hydrogens is 508 g/mol. The van der Waals surface area contributed by atoms with Crippen LogP contribution in [0, 0.1) is 18.8 Å². The number of carbonyl (C=O) groups is 1. The third kappa shape index (κ3) is 5.32. The van der Waals surface area contributed by atoms with Gasteiger partial charge in [-0.25, -0.2) is 8.78 Å². The van der Waals surface area contributed by atoms with E-state index in [0.29, 0.717) is 16.8 Å². The van der Waals surface area contributed by atoms with E-state index in [4.69, 9.17) is 0 Å². The zero-order valence-electron chi connectivity index (χ0n) is 22.9. The topological polar surface area (TPSA) is 51.7 Å². The van der Waals surface area contributed by atoms with Crippen molar-refractivity contribution in [2.45, 2.75) is 31.7 Å². The van der Waals surface area contributed by atoms with Crippen molar-refractivity contribution in [3.05, 3.63) is 88.2 Å². The Labute approximate surface area is 234 Å². The number of carbonyl (C=O) groups excluding carboxylic acids is 1. The van der Waals surface area contributed by atoms with Crippen LogP contribution in [0.2, 0.25) is 0 Å². The molecule has 0 bridgehead atoms. The summed E-state index contributed by atoms with van der Waals surface area (Å²) in [6.45, 7) is 7.30. The third-order valence-electron chi connectivity index (χ3n) is 8.28. The van der Waals surface area contributed by atoms with Crippen molar-refractivity contribution < 1.29 is 13.6 Å². The summed E-state index contributed by atoms with van der Waals surface area (Å²) in [5, 5.41) is 2.82. The quantitative estimate of drug-likeness (QED) is 0.470. The number of hydrogen-bond acceptors (Lipinski definition) is 5. The van der Waals surface area contributed by atoms with Crippen molar-refractivity contribution >= 4 is 17.3 Å². The summed E-state index contributed by atoms with van der Waals surface area (Å²) in [4.78, 5) is 24.1. The van der Waals surface area contributed by atoms with Crippen LogP contribution in [0.1, 0.15) is 57.1 Å². The fourth-order valence-electron chi connectivity index (χ4n) is 5.65. The van der Waals surface area contributed by atoms with Crippen molar-refractivity contribution in [2.75, 3.05) is 56.5 Å². The highest BCUT2D eigenvalue weighted by Gasteiger charge is 2.47. The highest BCUT2D eigenvalue weighted by Crippen LogP contribution is 2.50. The molecule has 0 spiro atoms. The Kier molecular flexibility index (Phi) is 7.03. The van der Waals surface area contributed by atoms with Gasteiger partial charge in [0.25, 0.3) is 11.8 Å². The molecule has 1 aliphatic carbocycles. The lowest BCUT2D eigenvalue weighted by Crippen LogP contribution is -2.45. The van der Waals surface area contributed by atoms with Crippen LogP contribution in [-0.4, -0.2) is 67.0 Å². The molecule has 6 nitrogen and oxygen atoms in total. The van der Waals surface area contributed by atoms with Crippen LogP contribution in [-0.2, 0) is 5.92 Å². The van der Waals surface area contributed by atoms with Crippen molar-refractivity contribution in [3.8, 4) is 11.8 Å². The summed E-state index contributed by atoms with van der Waals surface area (Å²) in [5.74, 6) is 3.06. The largest absolute Gasteiger partial charge is 0.370 e. The lowest BCUT2D eigenvalue weighted by Gasteiger charge is -2.36. The fourth-order valence-corrected chi connectivity index (χ4v) is 5.65. The predicted octanol–water partition coefficient (Wildman–Crippen LogP) is 5.04. The van der Waals surface area contributed by atoms with Crippen molar-refractivity contribution in [3.63, 3.8) is 0 Å². The molecule has 1 aromatic heterocycles. The Hall–Kier alpha value is -3.80. The number of rotatable bonds is 4. The van der Waals surface area contributed by atoms with E-state index in [2.05, 4.69) is 43.9 Å². The van der Waals surface area contributed by atoms with Gasteiger partial charge >= 0.3 is 0 Å². The number of nitrogens with one attached hydrogen (secondary N) is 1. The lowest BCUT2D eigenvalue weighted by atomic mass is 10.0. The highest BCUT2D eigenvalue weighted by atomic mass is 19.3. The molecule has 6 rings (SSSR count). The number of nitrogens with zero attached hydrogens (tertiary/aromatic N) is 4. The Morgan fingerprint density at radius 3 is 2.55 bits per heavy atom. The van der Waals surface area contributed by atoms with Gasteiger partial charge < -0.3 is 15.1 Å². The smallest absolute Gasteiger partial charge is 0.275 e. The number of anilines is 2. The van der Waals surface area contributed by atoms with Gasteiger partial charge in [-0.15, -0.1) is 0 Å². The number of aromatic nitrogens is 1. The van der Waals surface area contributed by atoms with Gasteiger partial charge in [-0.05, 0) is 61.9 Å². The first kappa shape index (κ1) is 26.4. The minimum Gasteiger partial charge on any atom is -0.370 e. The van der Waals surface area contributed by atoms with Gasteiger partial charge in [-0.3, -0.25) is 14.7 Å². The van der Waals surface area contributed by atoms with E-state index in [1.807, 2.05) is 25.3 Å². The number of likely N-dealkylation sites (N-methyl/N-ethyl adjacent to an activating group) is 1. The van der Waals surface area contributed by atoms with Crippen LogP contribution in [0.3, 0.4) is 0 Å². The highest BCUT2D eigenvalue weighted by molar-refractivity contribution is 6.04. The van der Waals surface area contributed by atoms with Crippen molar-refractivity contribution in [1.29, 1.82) is 0 Å². The SMILES string of the molecule is Cc1ccc(C(=O)Nc2ccc3c(c2)C(F)(F)CC3N2CCN(C)CC2)cc1C#Cc1cncc(N2CCC2)c1. The van der Waals surface area contributed by atoms with Gasteiger partial charge in [0.1, 0.15) is 0 Å². The molecule has 1 atom stereocenters. The molecule has 3 heterocycles. The molecule has 1 unspecified atom stereocenters. The van der Waals surface area contributed by atoms with Crippen LogP contribution < -0.4 is 10.2 Å². The minimum absolute atomic E-state index is 0.0127. The van der Waals surface area contributed by atoms with Gasteiger partial charge in [-0.1, -0.05) is 24.0 Å². The Morgan fingerprint density at radius 2 is 1.80 bits per heavy atom. The number of pyridine rings is 1. The second kappa shape index (κ2) is 10.6. The molecule has 3 aromatic rings. The summed E-state index contributed by atoms with van der Waals surface area (Å²) in [5.41, 5.74) is 5.02. The minimum atomic E-state index is -2.93. The van der Waals surface area contributed by atoms with Gasteiger partial charge in [0, 0.05) is 85.9 Å². The average Bonchev–Trinajstić information content (AvgIpc) is 3.18. The maximum Gasteiger partial charge on any atom is 0.275 e.